The summed E-state index contributed by atoms with van der Waals surface area (Å²) in [5.74, 6) is 0.261. The van der Waals surface area contributed by atoms with Crippen molar-refractivity contribution in [3.05, 3.63) is 76.5 Å². The molecule has 2 heterocycles. The maximum atomic E-state index is 12.5. The molecule has 9 nitrogen and oxygen atoms in total. The SMILES string of the molecule is COc1ccccc1NC(=O)c1ccc(NC(=O)CSc2nnnn2Cc2cccs2)cc1. The van der Waals surface area contributed by atoms with Gasteiger partial charge in [-0.25, -0.2) is 4.68 Å². The fourth-order valence-electron chi connectivity index (χ4n) is 2.92. The molecule has 0 atom stereocenters. The van der Waals surface area contributed by atoms with Crippen molar-refractivity contribution in [3.8, 4) is 5.75 Å². The van der Waals surface area contributed by atoms with Crippen LogP contribution in [0.2, 0.25) is 0 Å². The summed E-state index contributed by atoms with van der Waals surface area (Å²) in [5, 5.41) is 19.9. The number of carbonyl (C=O) groups is 2. The van der Waals surface area contributed by atoms with E-state index in [4.69, 9.17) is 4.74 Å². The van der Waals surface area contributed by atoms with Crippen molar-refractivity contribution >= 4 is 46.3 Å². The highest BCUT2D eigenvalue weighted by Crippen LogP contribution is 2.24. The number of carbonyl (C=O) groups excluding carboxylic acids is 2. The van der Waals surface area contributed by atoms with Crippen LogP contribution >= 0.6 is 23.1 Å². The van der Waals surface area contributed by atoms with Crippen molar-refractivity contribution in [2.75, 3.05) is 23.5 Å². The Bertz CT molecular complexity index is 1230. The monoisotopic (exact) mass is 480 g/mol. The van der Waals surface area contributed by atoms with Gasteiger partial charge in [0.25, 0.3) is 5.91 Å². The number of methoxy groups -OCH3 is 1. The first-order valence-corrected chi connectivity index (χ1v) is 11.7. The highest BCUT2D eigenvalue weighted by molar-refractivity contribution is 7.99. The number of anilines is 2. The van der Waals surface area contributed by atoms with Crippen molar-refractivity contribution in [1.29, 1.82) is 0 Å². The van der Waals surface area contributed by atoms with Crippen molar-refractivity contribution in [2.24, 2.45) is 0 Å². The molecule has 2 aromatic carbocycles. The Kier molecular flexibility index (Phi) is 7.33. The third kappa shape index (κ3) is 5.96. The molecule has 0 aliphatic heterocycles. The zero-order valence-corrected chi connectivity index (χ0v) is 19.2. The van der Waals surface area contributed by atoms with Crippen molar-refractivity contribution < 1.29 is 14.3 Å². The number of tetrazole rings is 1. The molecule has 0 unspecified atom stereocenters. The molecule has 0 spiro atoms. The molecule has 0 bridgehead atoms. The van der Waals surface area contributed by atoms with Crippen molar-refractivity contribution in [2.45, 2.75) is 11.7 Å². The number of hydrogen-bond donors (Lipinski definition) is 2. The van der Waals surface area contributed by atoms with Crippen LogP contribution in [-0.2, 0) is 11.3 Å². The van der Waals surface area contributed by atoms with Gasteiger partial charge in [0.15, 0.2) is 0 Å². The lowest BCUT2D eigenvalue weighted by Crippen LogP contribution is -2.15. The highest BCUT2D eigenvalue weighted by Gasteiger charge is 2.12. The largest absolute Gasteiger partial charge is 0.495 e. The fourth-order valence-corrected chi connectivity index (χ4v) is 4.29. The minimum absolute atomic E-state index is 0.154. The van der Waals surface area contributed by atoms with Crippen molar-refractivity contribution in [1.82, 2.24) is 20.2 Å². The number of nitrogens with one attached hydrogen (secondary N) is 2. The molecule has 0 aliphatic carbocycles. The molecule has 33 heavy (non-hydrogen) atoms. The Hall–Kier alpha value is -3.70. The predicted molar refractivity (Wildman–Crippen MR) is 128 cm³/mol. The number of aromatic nitrogens is 4. The van der Waals surface area contributed by atoms with Crippen LogP contribution in [0.1, 0.15) is 15.2 Å². The first kappa shape index (κ1) is 22.5. The van der Waals surface area contributed by atoms with Crippen molar-refractivity contribution in [3.63, 3.8) is 0 Å². The lowest BCUT2D eigenvalue weighted by atomic mass is 10.2. The number of benzene rings is 2. The molecule has 4 aromatic rings. The molecule has 2 amide bonds. The number of para-hydroxylation sites is 2. The van der Waals surface area contributed by atoms with Gasteiger partial charge in [0.1, 0.15) is 5.75 Å². The molecule has 168 valence electrons. The molecule has 11 heteroatoms. The van der Waals surface area contributed by atoms with Crippen LogP contribution in [0.5, 0.6) is 5.75 Å². The Balaban J connectivity index is 1.30. The molecule has 0 radical (unpaired) electrons. The van der Waals surface area contributed by atoms with Gasteiger partial charge in [0.05, 0.1) is 25.1 Å². The smallest absolute Gasteiger partial charge is 0.255 e. The summed E-state index contributed by atoms with van der Waals surface area (Å²) >= 11 is 2.88. The van der Waals surface area contributed by atoms with Crippen LogP contribution < -0.4 is 15.4 Å². The number of amides is 2. The molecule has 2 N–H and O–H groups in total. The molecule has 2 aromatic heterocycles. The van der Waals surface area contributed by atoms with E-state index in [0.29, 0.717) is 34.4 Å². The Morgan fingerprint density at radius 2 is 1.88 bits per heavy atom. The summed E-state index contributed by atoms with van der Waals surface area (Å²) in [5.41, 5.74) is 1.63. The second kappa shape index (κ2) is 10.7. The Morgan fingerprint density at radius 3 is 2.64 bits per heavy atom. The van der Waals surface area contributed by atoms with E-state index < -0.39 is 0 Å². The molecule has 4 rings (SSSR count). The lowest BCUT2D eigenvalue weighted by molar-refractivity contribution is -0.113. The van der Waals surface area contributed by atoms with Gasteiger partial charge in [-0.15, -0.1) is 16.4 Å². The number of ether oxygens (including phenoxy) is 1. The first-order valence-electron chi connectivity index (χ1n) is 9.88. The number of hydrogen-bond acceptors (Lipinski definition) is 8. The van der Waals surface area contributed by atoms with Gasteiger partial charge in [-0.1, -0.05) is 30.0 Å². The molecule has 0 fully saturated rings. The fraction of sp³-hybridized carbons (Fsp3) is 0.136. The number of nitrogens with zero attached hydrogens (tertiary/aromatic N) is 4. The van der Waals surface area contributed by atoms with E-state index in [1.165, 1.54) is 11.8 Å². The van der Waals surface area contributed by atoms with Crippen LogP contribution in [0.25, 0.3) is 0 Å². The van der Waals surface area contributed by atoms with E-state index in [0.717, 1.165) is 4.88 Å². The molecule has 0 saturated carbocycles. The van der Waals surface area contributed by atoms with Crippen LogP contribution in [0.4, 0.5) is 11.4 Å². The number of thioether (sulfide) groups is 1. The van der Waals surface area contributed by atoms with Gasteiger partial charge in [-0.2, -0.15) is 0 Å². The van der Waals surface area contributed by atoms with Crippen LogP contribution in [0.3, 0.4) is 0 Å². The van der Waals surface area contributed by atoms with Gasteiger partial charge < -0.3 is 15.4 Å². The van der Waals surface area contributed by atoms with E-state index in [-0.39, 0.29) is 17.6 Å². The quantitative estimate of drug-likeness (QED) is 0.351. The Labute approximate surface area is 198 Å². The van der Waals surface area contributed by atoms with E-state index in [2.05, 4.69) is 26.2 Å². The normalized spacial score (nSPS) is 10.6. The second-order valence-electron chi connectivity index (χ2n) is 6.77. The maximum Gasteiger partial charge on any atom is 0.255 e. The van der Waals surface area contributed by atoms with Gasteiger partial charge in [-0.05, 0) is 58.3 Å². The zero-order valence-electron chi connectivity index (χ0n) is 17.6. The molecule has 0 saturated heterocycles. The number of thiophene rings is 1. The topological polar surface area (TPSA) is 111 Å². The lowest BCUT2D eigenvalue weighted by Gasteiger charge is -2.10. The first-order chi connectivity index (χ1) is 16.1. The van der Waals surface area contributed by atoms with Crippen LogP contribution in [0, 0.1) is 0 Å². The summed E-state index contributed by atoms with van der Waals surface area (Å²) in [6.07, 6.45) is 0. The zero-order chi connectivity index (χ0) is 23.0. The van der Waals surface area contributed by atoms with E-state index in [9.17, 15) is 9.59 Å². The third-order valence-corrected chi connectivity index (χ3v) is 6.32. The van der Waals surface area contributed by atoms with E-state index in [1.807, 2.05) is 29.6 Å². The molecular formula is C22H20N6O3S2. The number of rotatable bonds is 9. The summed E-state index contributed by atoms with van der Waals surface area (Å²) < 4.78 is 6.92. The van der Waals surface area contributed by atoms with E-state index >= 15 is 0 Å². The summed E-state index contributed by atoms with van der Waals surface area (Å²) in [6, 6.07) is 17.8. The van der Waals surface area contributed by atoms with Gasteiger partial charge in [0.2, 0.25) is 11.1 Å². The molecular weight excluding hydrogens is 460 g/mol. The van der Waals surface area contributed by atoms with Crippen LogP contribution in [-0.4, -0.2) is 44.9 Å². The maximum absolute atomic E-state index is 12.5. The van der Waals surface area contributed by atoms with Gasteiger partial charge >= 0.3 is 0 Å². The summed E-state index contributed by atoms with van der Waals surface area (Å²) in [6.45, 7) is 0.563. The Morgan fingerprint density at radius 1 is 1.06 bits per heavy atom. The predicted octanol–water partition coefficient (Wildman–Crippen LogP) is 3.77. The third-order valence-electron chi connectivity index (χ3n) is 4.50. The van der Waals surface area contributed by atoms with Gasteiger partial charge in [0, 0.05) is 16.1 Å². The molecule has 0 aliphatic rings. The highest BCUT2D eigenvalue weighted by atomic mass is 32.2. The average molecular weight is 481 g/mol. The van der Waals surface area contributed by atoms with E-state index in [1.54, 1.807) is 59.5 Å². The van der Waals surface area contributed by atoms with Gasteiger partial charge in [-0.3, -0.25) is 9.59 Å². The minimum atomic E-state index is -0.273. The summed E-state index contributed by atoms with van der Waals surface area (Å²) in [7, 11) is 1.55. The summed E-state index contributed by atoms with van der Waals surface area (Å²) in [4.78, 5) is 26.0. The standard InChI is InChI=1S/C22H20N6O3S2/c1-31-19-7-3-2-6-18(19)24-21(30)15-8-10-16(11-9-15)23-20(29)14-33-22-25-26-27-28(22)13-17-5-4-12-32-17/h2-12H,13-14H2,1H3,(H,23,29)(H,24,30). The second-order valence-corrected chi connectivity index (χ2v) is 8.74. The van der Waals surface area contributed by atoms with Crippen LogP contribution in [0.15, 0.2) is 71.2 Å². The average Bonchev–Trinajstić information content (AvgIpc) is 3.51. The minimum Gasteiger partial charge on any atom is -0.495 e.